The van der Waals surface area contributed by atoms with E-state index in [0.717, 1.165) is 0 Å². The molecule has 103 heavy (non-hydrogen) atoms. The third kappa shape index (κ3) is 30.0. The molecule has 11 atom stereocenters. The van der Waals surface area contributed by atoms with Gasteiger partial charge in [-0.15, -0.1) is 0 Å². The van der Waals surface area contributed by atoms with Crippen molar-refractivity contribution >= 4 is 111 Å². The Balaban J connectivity index is 1.73. The number of aromatic amines is 1. The van der Waals surface area contributed by atoms with Crippen molar-refractivity contribution in [3.63, 3.8) is 0 Å². The van der Waals surface area contributed by atoms with Gasteiger partial charge < -0.3 is 83.3 Å². The Bertz CT molecular complexity index is 3670. The smallest absolute Gasteiger partial charge is 0.326 e. The van der Waals surface area contributed by atoms with Crippen LogP contribution in [-0.2, 0) is 101 Å². The number of rotatable bonds is 52. The van der Waals surface area contributed by atoms with Gasteiger partial charge in [0.2, 0.25) is 29.5 Å². The van der Waals surface area contributed by atoms with Crippen molar-refractivity contribution in [2.75, 3.05) is 13.2 Å². The predicted molar refractivity (Wildman–Crippen MR) is 359 cm³/mol. The number of Topliss-reactive ketones (excluding diaryl/α,β-unsaturated/α-hetero) is 5. The number of H-pyrrole nitrogens is 1. The fourth-order valence-electron chi connectivity index (χ4n) is 11.3. The summed E-state index contributed by atoms with van der Waals surface area (Å²) in [5.74, 6) is -28.1. The zero-order valence-corrected chi connectivity index (χ0v) is 56.1. The Morgan fingerprint density at radius 2 is 0.621 bits per heavy atom. The zero-order valence-electron chi connectivity index (χ0n) is 56.1. The van der Waals surface area contributed by atoms with Crippen molar-refractivity contribution in [1.82, 2.24) is 31.6 Å². The molecule has 0 aliphatic carbocycles. The third-order valence-corrected chi connectivity index (χ3v) is 17.1. The molecule has 33 nitrogen and oxygen atoms in total. The lowest BCUT2D eigenvalue weighted by molar-refractivity contribution is -0.144. The van der Waals surface area contributed by atoms with E-state index in [1.807, 2.05) is 0 Å². The molecule has 1 heterocycles. The first kappa shape index (κ1) is 84.5. The fourth-order valence-corrected chi connectivity index (χ4v) is 11.3. The summed E-state index contributed by atoms with van der Waals surface area (Å²) < 4.78 is 0. The van der Waals surface area contributed by atoms with Gasteiger partial charge in [0.15, 0.2) is 23.1 Å². The largest absolute Gasteiger partial charge is 0.481 e. The van der Waals surface area contributed by atoms with Gasteiger partial charge in [0.25, 0.3) is 0 Å². The first-order valence-corrected chi connectivity index (χ1v) is 33.1. The SMILES string of the molecule is N[C@@H](CCC(=O)O)C(=O)C[C@@H](CO)C(=O)N[C@@H](CCC(=O)O)C(=O)C[C@@H](Cc1ccccc1)C(=O)N[C@@H](CCC(=O)O)C(=O)C[C@@H](Cc1c[nH]c2ccccc12)C(=O)N[C@@H](CCC(=O)O)C(=O)C[C@@H](Cc1ccccc1)C(=O)N[C@@H](CCC(=O)O)C(=O)C[C@@H](CO)C(=O)N[C@@H](CCC(=O)O)C(=O)O. The third-order valence-electron chi connectivity index (χ3n) is 17.1. The first-order chi connectivity index (χ1) is 48.8. The lowest BCUT2D eigenvalue weighted by Gasteiger charge is -2.27. The van der Waals surface area contributed by atoms with Crippen molar-refractivity contribution in [2.45, 2.75) is 165 Å². The van der Waals surface area contributed by atoms with Gasteiger partial charge in [0, 0.05) is 105 Å². The molecule has 0 saturated heterocycles. The molecule has 0 saturated carbocycles. The number of aromatic nitrogens is 1. The van der Waals surface area contributed by atoms with Crippen LogP contribution in [0.2, 0.25) is 0 Å². The van der Waals surface area contributed by atoms with Crippen LogP contribution in [0, 0.1) is 29.6 Å². The van der Waals surface area contributed by atoms with Gasteiger partial charge in [-0.2, -0.15) is 0 Å². The number of aliphatic carboxylic acids is 7. The van der Waals surface area contributed by atoms with E-state index in [0.29, 0.717) is 27.6 Å². The van der Waals surface area contributed by atoms with E-state index in [1.54, 1.807) is 84.9 Å². The number of ketones is 5. The van der Waals surface area contributed by atoms with Crippen LogP contribution >= 0.6 is 0 Å². The van der Waals surface area contributed by atoms with Gasteiger partial charge in [-0.1, -0.05) is 78.9 Å². The number of amides is 5. The molecule has 0 unspecified atom stereocenters. The normalized spacial score (nSPS) is 14.4. The van der Waals surface area contributed by atoms with Crippen LogP contribution in [0.15, 0.2) is 91.1 Å². The number of aliphatic hydroxyl groups is 2. The van der Waals surface area contributed by atoms with E-state index in [-0.39, 0.29) is 25.7 Å². The molecule has 0 aliphatic heterocycles. The number of carboxylic acids is 7. The van der Waals surface area contributed by atoms with Crippen molar-refractivity contribution < 1.29 is 127 Å². The highest BCUT2D eigenvalue weighted by Gasteiger charge is 2.38. The maximum Gasteiger partial charge on any atom is 0.326 e. The number of fused-ring (bicyclic) bond motifs is 1. The first-order valence-electron chi connectivity index (χ1n) is 33.1. The summed E-state index contributed by atoms with van der Waals surface area (Å²) in [7, 11) is 0. The number of carbonyl (C=O) groups excluding carboxylic acids is 10. The Hall–Kier alpha value is -10.9. The molecule has 1 aromatic heterocycles. The highest BCUT2D eigenvalue weighted by atomic mass is 16.4. The van der Waals surface area contributed by atoms with Crippen molar-refractivity contribution in [3.8, 4) is 0 Å². The summed E-state index contributed by atoms with van der Waals surface area (Å²) in [6, 6.07) is 12.6. The van der Waals surface area contributed by atoms with Crippen LogP contribution in [0.5, 0.6) is 0 Å². The minimum Gasteiger partial charge on any atom is -0.481 e. The van der Waals surface area contributed by atoms with E-state index in [9.17, 15) is 112 Å². The summed E-state index contributed by atoms with van der Waals surface area (Å²) in [5, 5.41) is 99.7. The molecule has 4 rings (SSSR count). The summed E-state index contributed by atoms with van der Waals surface area (Å²) >= 11 is 0. The molecule has 0 radical (unpaired) electrons. The predicted octanol–water partition coefficient (Wildman–Crippen LogP) is 1.08. The number of hydrogen-bond donors (Lipinski definition) is 16. The van der Waals surface area contributed by atoms with Crippen molar-refractivity contribution in [2.24, 2.45) is 35.3 Å². The number of nitrogens with two attached hydrogens (primary N) is 1. The number of benzene rings is 3. The van der Waals surface area contributed by atoms with E-state index < -0.39 is 282 Å². The van der Waals surface area contributed by atoms with E-state index >= 15 is 4.79 Å². The fraction of sp³-hybridized carbons (Fsp3) is 0.471. The highest BCUT2D eigenvalue weighted by Crippen LogP contribution is 2.26. The molecular weight excluding hydrogens is 1350 g/mol. The van der Waals surface area contributed by atoms with E-state index in [1.165, 1.54) is 6.20 Å². The Morgan fingerprint density at radius 3 is 0.961 bits per heavy atom. The van der Waals surface area contributed by atoms with Crippen LogP contribution in [0.25, 0.3) is 10.9 Å². The number of carboxylic acid groups (broad SMARTS) is 7. The van der Waals surface area contributed by atoms with Gasteiger partial charge in [0.05, 0.1) is 55.3 Å². The highest BCUT2D eigenvalue weighted by molar-refractivity contribution is 6.00. The van der Waals surface area contributed by atoms with Crippen molar-refractivity contribution in [1.29, 1.82) is 0 Å². The van der Waals surface area contributed by atoms with Crippen molar-refractivity contribution in [3.05, 3.63) is 108 Å². The van der Waals surface area contributed by atoms with Crippen LogP contribution in [0.4, 0.5) is 0 Å². The lowest BCUT2D eigenvalue weighted by atomic mass is 9.87. The quantitative estimate of drug-likeness (QED) is 0.0294. The van der Waals surface area contributed by atoms with Crippen LogP contribution in [0.3, 0.4) is 0 Å². The molecule has 558 valence electrons. The number of hydrogen-bond acceptors (Lipinski definition) is 20. The molecule has 33 heteroatoms. The Kier molecular flexibility index (Phi) is 35.3. The average molecular weight is 1440 g/mol. The zero-order chi connectivity index (χ0) is 76.5. The minimum absolute atomic E-state index is 0.266. The van der Waals surface area contributed by atoms with E-state index in [4.69, 9.17) is 15.9 Å². The Labute approximate surface area is 589 Å². The molecule has 4 aromatic rings. The molecular formula is C70H87N7O26. The molecule has 5 amide bonds. The van der Waals surface area contributed by atoms with Crippen LogP contribution in [-0.4, -0.2) is 201 Å². The molecule has 3 aromatic carbocycles. The number of nitrogens with one attached hydrogen (secondary N) is 6. The Morgan fingerprint density at radius 1 is 0.340 bits per heavy atom. The standard InChI is InChI=1S/C70H87N7O26/c71-47(15-21-59(85)86)54(80)33-44(36-78)68(100)76-51(18-24-62(91)92)56(82)31-41(28-39-11-5-2-6-12-39)65(97)73-50(17-23-61(89)90)57(83)32-42(29-43-35-72-48-14-8-7-13-46(43)48)67(99)75-49(16-22-60(87)88)55(81)30-40(27-38-9-3-1-4-10-38)66(98)74-52(19-25-63(93)94)58(84)34-45(37-79)69(101)77-53(70(102)103)20-26-64(95)96/h1-14,35,40-42,44-45,47,49-53,72,78-79H,15-34,36-37,71H2,(H,73,97)(H,74,98)(H,75,99)(H,76,100)(H,77,101)(H,85,86)(H,87,88)(H,89,90)(H,91,92)(H,93,94)(H,95,96)(H,102,103)/t40-,41-,42-,44+,45+,47+,49+,50+,51+,52+,53+/m1/s1. The number of para-hydroxylation sites is 1. The van der Waals surface area contributed by atoms with Crippen LogP contribution in [0.1, 0.15) is 126 Å². The maximum atomic E-state index is 15.1. The summed E-state index contributed by atoms with van der Waals surface area (Å²) in [6.07, 6.45) is -11.0. The molecule has 0 bridgehead atoms. The summed E-state index contributed by atoms with van der Waals surface area (Å²) in [5.41, 5.74) is 7.68. The monoisotopic (exact) mass is 1440 g/mol. The van der Waals surface area contributed by atoms with Gasteiger partial charge in [-0.05, 0) is 80.5 Å². The van der Waals surface area contributed by atoms with Gasteiger partial charge in [-0.25, -0.2) is 4.79 Å². The van der Waals surface area contributed by atoms with Gasteiger partial charge >= 0.3 is 41.8 Å². The maximum absolute atomic E-state index is 15.1. The van der Waals surface area contributed by atoms with E-state index in [2.05, 4.69) is 31.6 Å². The topological polar surface area (TPSA) is 574 Å². The molecule has 17 N–H and O–H groups in total. The molecule has 0 fully saturated rings. The number of carbonyl (C=O) groups is 17. The molecule has 0 spiro atoms. The minimum atomic E-state index is -1.78. The number of aliphatic hydroxyl groups excluding tert-OH is 2. The average Bonchev–Trinajstić information content (AvgIpc) is 1.72. The second kappa shape index (κ2) is 43.0. The second-order valence-corrected chi connectivity index (χ2v) is 25.0. The van der Waals surface area contributed by atoms with Gasteiger partial charge in [0.1, 0.15) is 11.8 Å². The summed E-state index contributed by atoms with van der Waals surface area (Å²) in [4.78, 5) is 228. The summed E-state index contributed by atoms with van der Waals surface area (Å²) in [6.45, 7) is -2.06. The molecule has 0 aliphatic rings. The lowest BCUT2D eigenvalue weighted by Crippen LogP contribution is -2.50. The van der Waals surface area contributed by atoms with Gasteiger partial charge in [-0.3, -0.25) is 76.7 Å². The van der Waals surface area contributed by atoms with Crippen LogP contribution < -0.4 is 32.3 Å². The second-order valence-electron chi connectivity index (χ2n) is 25.0.